The van der Waals surface area contributed by atoms with Gasteiger partial charge in [0.25, 0.3) is 5.91 Å². The van der Waals surface area contributed by atoms with E-state index >= 15 is 0 Å². The molecule has 33 heavy (non-hydrogen) atoms. The number of carbonyl (C=O) groups is 1. The number of phenols is 1. The lowest BCUT2D eigenvalue weighted by Crippen LogP contribution is -2.31. The molecule has 4 aromatic rings. The van der Waals surface area contributed by atoms with Gasteiger partial charge < -0.3 is 15.7 Å². The third-order valence-corrected chi connectivity index (χ3v) is 5.66. The average Bonchev–Trinajstić information content (AvgIpc) is 3.23. The fourth-order valence-electron chi connectivity index (χ4n) is 3.83. The number of nitrogens with zero attached hydrogens (tertiary/aromatic N) is 4. The maximum atomic E-state index is 13.4. The number of halogens is 1. The summed E-state index contributed by atoms with van der Waals surface area (Å²) >= 11 is 6.57. The number of hydrogen-bond donors (Lipinski definition) is 3. The summed E-state index contributed by atoms with van der Waals surface area (Å²) in [5.41, 5.74) is 3.02. The predicted octanol–water partition coefficient (Wildman–Crippen LogP) is 4.63. The fourth-order valence-corrected chi connectivity index (χ4v) is 4.07. The van der Waals surface area contributed by atoms with E-state index in [4.69, 9.17) is 11.6 Å². The largest absolute Gasteiger partial charge is 0.508 e. The first-order valence-electron chi connectivity index (χ1n) is 10.2. The minimum Gasteiger partial charge on any atom is -0.508 e. The van der Waals surface area contributed by atoms with Crippen molar-refractivity contribution in [3.63, 3.8) is 0 Å². The van der Waals surface area contributed by atoms with Crippen LogP contribution in [0.3, 0.4) is 0 Å². The van der Waals surface area contributed by atoms with Gasteiger partial charge in [0.05, 0.1) is 17.5 Å². The van der Waals surface area contributed by atoms with Gasteiger partial charge in [-0.2, -0.15) is 4.98 Å². The lowest BCUT2D eigenvalue weighted by molar-refractivity contribution is -0.113. The van der Waals surface area contributed by atoms with Gasteiger partial charge in [-0.1, -0.05) is 41.9 Å². The highest BCUT2D eigenvalue weighted by Gasteiger charge is 2.35. The smallest absolute Gasteiger partial charge is 0.255 e. The molecule has 164 valence electrons. The Morgan fingerprint density at radius 3 is 2.76 bits per heavy atom. The zero-order valence-corrected chi connectivity index (χ0v) is 18.3. The number of allylic oxidation sites excluding steroid dienone is 1. The number of fused-ring (bicyclic) bond motifs is 1. The van der Waals surface area contributed by atoms with Crippen molar-refractivity contribution in [1.29, 1.82) is 0 Å². The molecule has 0 unspecified atom stereocenters. The van der Waals surface area contributed by atoms with Gasteiger partial charge in [-0.15, -0.1) is 5.10 Å². The van der Waals surface area contributed by atoms with Crippen molar-refractivity contribution in [2.45, 2.75) is 13.0 Å². The molecule has 1 aliphatic heterocycles. The van der Waals surface area contributed by atoms with Crippen LogP contribution in [0.15, 0.2) is 84.3 Å². The van der Waals surface area contributed by atoms with Crippen LogP contribution in [0.2, 0.25) is 5.02 Å². The first kappa shape index (κ1) is 20.7. The summed E-state index contributed by atoms with van der Waals surface area (Å²) in [7, 11) is 0. The molecule has 3 heterocycles. The highest BCUT2D eigenvalue weighted by atomic mass is 35.5. The highest BCUT2D eigenvalue weighted by Crippen LogP contribution is 2.39. The molecule has 9 heteroatoms. The lowest BCUT2D eigenvalue weighted by Gasteiger charge is -2.29. The van der Waals surface area contributed by atoms with Crippen molar-refractivity contribution in [1.82, 2.24) is 19.7 Å². The van der Waals surface area contributed by atoms with E-state index in [0.717, 1.165) is 0 Å². The van der Waals surface area contributed by atoms with Crippen LogP contribution in [0.1, 0.15) is 18.5 Å². The van der Waals surface area contributed by atoms with Gasteiger partial charge in [0, 0.05) is 28.0 Å². The zero-order chi connectivity index (χ0) is 22.9. The Morgan fingerprint density at radius 1 is 1.15 bits per heavy atom. The third-order valence-electron chi connectivity index (χ3n) is 5.32. The second-order valence-corrected chi connectivity index (χ2v) is 7.94. The maximum absolute atomic E-state index is 13.4. The van der Waals surface area contributed by atoms with E-state index in [1.807, 2.05) is 31.2 Å². The Kier molecular flexibility index (Phi) is 5.27. The van der Waals surface area contributed by atoms with Crippen LogP contribution in [0.5, 0.6) is 5.75 Å². The number of hydrogen-bond acceptors (Lipinski definition) is 6. The number of aromatic hydroxyl groups is 1. The van der Waals surface area contributed by atoms with E-state index in [1.54, 1.807) is 53.5 Å². The number of phenolic OH excluding ortho intramolecular Hbond substituents is 1. The Hall–Kier alpha value is -4.17. The fraction of sp³-hybridized carbons (Fsp3) is 0.0833. The summed E-state index contributed by atoms with van der Waals surface area (Å²) < 4.78 is 1.64. The zero-order valence-electron chi connectivity index (χ0n) is 17.5. The highest BCUT2D eigenvalue weighted by molar-refractivity contribution is 6.31. The summed E-state index contributed by atoms with van der Waals surface area (Å²) in [4.78, 5) is 22.1. The van der Waals surface area contributed by atoms with Crippen LogP contribution in [0, 0.1) is 0 Å². The van der Waals surface area contributed by atoms with Gasteiger partial charge in [0.2, 0.25) is 5.95 Å². The Balaban J connectivity index is 1.63. The summed E-state index contributed by atoms with van der Waals surface area (Å²) in [6.07, 6.45) is 3.22. The molecule has 1 atom stereocenters. The molecule has 8 nitrogen and oxygen atoms in total. The first-order valence-corrected chi connectivity index (χ1v) is 10.6. The van der Waals surface area contributed by atoms with Gasteiger partial charge in [-0.05, 0) is 37.3 Å². The molecule has 1 amide bonds. The number of anilines is 2. The molecular weight excluding hydrogens is 440 g/mol. The molecule has 0 fully saturated rings. The molecule has 3 N–H and O–H groups in total. The van der Waals surface area contributed by atoms with E-state index in [2.05, 4.69) is 25.7 Å². The summed E-state index contributed by atoms with van der Waals surface area (Å²) in [5, 5.41) is 21.2. The summed E-state index contributed by atoms with van der Waals surface area (Å²) in [6, 6.07) is 16.9. The number of aromatic nitrogens is 4. The van der Waals surface area contributed by atoms with Crippen LogP contribution >= 0.6 is 11.6 Å². The Morgan fingerprint density at radius 2 is 2.00 bits per heavy atom. The van der Waals surface area contributed by atoms with Crippen LogP contribution in [-0.4, -0.2) is 30.8 Å². The van der Waals surface area contributed by atoms with Crippen molar-refractivity contribution >= 4 is 29.1 Å². The van der Waals surface area contributed by atoms with Crippen molar-refractivity contribution in [2.75, 3.05) is 10.6 Å². The van der Waals surface area contributed by atoms with E-state index in [-0.39, 0.29) is 11.7 Å². The minimum atomic E-state index is -0.620. The average molecular weight is 459 g/mol. The second kappa shape index (κ2) is 8.40. The molecule has 5 rings (SSSR count). The molecule has 2 aromatic carbocycles. The van der Waals surface area contributed by atoms with Crippen molar-refractivity contribution < 1.29 is 9.90 Å². The van der Waals surface area contributed by atoms with E-state index in [1.165, 1.54) is 0 Å². The molecule has 2 aromatic heterocycles. The van der Waals surface area contributed by atoms with Crippen LogP contribution in [0.25, 0.3) is 11.4 Å². The van der Waals surface area contributed by atoms with Gasteiger partial charge in [0.1, 0.15) is 11.8 Å². The number of rotatable bonds is 4. The SMILES string of the molecule is CC1=C(C(=O)Nc2cccnc2)[C@H](c2ccccc2Cl)n2nc(-c3cccc(O)c3)nc2N1. The quantitative estimate of drug-likeness (QED) is 0.412. The van der Waals surface area contributed by atoms with Gasteiger partial charge in [-0.3, -0.25) is 9.78 Å². The lowest BCUT2D eigenvalue weighted by atomic mass is 9.95. The van der Waals surface area contributed by atoms with Crippen molar-refractivity contribution in [2.24, 2.45) is 0 Å². The molecule has 0 radical (unpaired) electrons. The standard InChI is InChI=1S/C24H19ClN6O2/c1-14-20(23(33)28-16-7-5-11-26-13-16)21(18-9-2-3-10-19(18)25)31-24(27-14)29-22(30-31)15-6-4-8-17(32)12-15/h2-13,21,32H,1H3,(H,28,33)(H,27,29,30)/t21-/m0/s1. The predicted molar refractivity (Wildman–Crippen MR) is 126 cm³/mol. The number of nitrogens with one attached hydrogen (secondary N) is 2. The topological polar surface area (TPSA) is 105 Å². The monoisotopic (exact) mass is 458 g/mol. The number of amides is 1. The van der Waals surface area contributed by atoms with Gasteiger partial charge in [-0.25, -0.2) is 4.68 Å². The molecule has 0 aliphatic carbocycles. The molecule has 0 saturated carbocycles. The van der Waals surface area contributed by atoms with Gasteiger partial charge >= 0.3 is 0 Å². The summed E-state index contributed by atoms with van der Waals surface area (Å²) in [5.74, 6) is 0.681. The number of pyridine rings is 1. The molecule has 1 aliphatic rings. The summed E-state index contributed by atoms with van der Waals surface area (Å²) in [6.45, 7) is 1.81. The third kappa shape index (κ3) is 3.92. The number of carbonyl (C=O) groups excluding carboxylic acids is 1. The molecular formula is C24H19ClN6O2. The molecule has 0 spiro atoms. The van der Waals surface area contributed by atoms with Crippen LogP contribution < -0.4 is 10.6 Å². The van der Waals surface area contributed by atoms with Crippen LogP contribution in [0.4, 0.5) is 11.6 Å². The number of benzene rings is 2. The van der Waals surface area contributed by atoms with Crippen molar-refractivity contribution in [3.05, 3.63) is 94.9 Å². The molecule has 0 bridgehead atoms. The molecule has 0 saturated heterocycles. The van der Waals surface area contributed by atoms with Crippen molar-refractivity contribution in [3.8, 4) is 17.1 Å². The second-order valence-electron chi connectivity index (χ2n) is 7.54. The van der Waals surface area contributed by atoms with E-state index in [9.17, 15) is 9.90 Å². The first-order chi connectivity index (χ1) is 16.0. The maximum Gasteiger partial charge on any atom is 0.255 e. The van der Waals surface area contributed by atoms with E-state index < -0.39 is 6.04 Å². The van der Waals surface area contributed by atoms with Gasteiger partial charge in [0.15, 0.2) is 5.82 Å². The minimum absolute atomic E-state index is 0.113. The Labute approximate surface area is 194 Å². The van der Waals surface area contributed by atoms with E-state index in [0.29, 0.717) is 44.9 Å². The van der Waals surface area contributed by atoms with Crippen LogP contribution in [-0.2, 0) is 4.79 Å². The Bertz CT molecular complexity index is 1380. The normalized spacial score (nSPS) is 15.0.